The summed E-state index contributed by atoms with van der Waals surface area (Å²) in [6.45, 7) is 4.89. The fourth-order valence-electron chi connectivity index (χ4n) is 1.67. The number of benzene rings is 1. The van der Waals surface area contributed by atoms with E-state index in [0.717, 1.165) is 12.0 Å². The van der Waals surface area contributed by atoms with Crippen LogP contribution >= 0.6 is 0 Å². The van der Waals surface area contributed by atoms with Gasteiger partial charge in [-0.15, -0.1) is 0 Å². The van der Waals surface area contributed by atoms with Crippen LogP contribution in [0.15, 0.2) is 24.3 Å². The maximum Gasteiger partial charge on any atom is 0.249 e. The summed E-state index contributed by atoms with van der Waals surface area (Å²) in [6, 6.07) is 6.80. The van der Waals surface area contributed by atoms with E-state index >= 15 is 0 Å². The van der Waals surface area contributed by atoms with Crippen molar-refractivity contribution >= 4 is 11.8 Å². The van der Waals surface area contributed by atoms with Gasteiger partial charge in [0.15, 0.2) is 0 Å². The molecule has 0 aliphatic carbocycles. The molecule has 104 valence electrons. The number of carbonyl (C=O) groups excluding carboxylic acids is 2. The number of hydrogen-bond donors (Lipinski definition) is 3. The molecule has 0 aliphatic rings. The van der Waals surface area contributed by atoms with Crippen LogP contribution in [0.5, 0.6) is 0 Å². The summed E-state index contributed by atoms with van der Waals surface area (Å²) in [4.78, 5) is 22.9. The predicted molar refractivity (Wildman–Crippen MR) is 74.6 cm³/mol. The molecule has 0 saturated carbocycles. The highest BCUT2D eigenvalue weighted by Crippen LogP contribution is 2.07. The largest absolute Gasteiger partial charge is 0.366 e. The molecule has 0 bridgehead atoms. The summed E-state index contributed by atoms with van der Waals surface area (Å²) >= 11 is 0. The number of primary amides is 1. The van der Waals surface area contributed by atoms with Crippen LogP contribution in [0.4, 0.5) is 0 Å². The Hall–Kier alpha value is -1.88. The van der Waals surface area contributed by atoms with Gasteiger partial charge in [0.1, 0.15) is 0 Å². The molecule has 1 aromatic carbocycles. The maximum absolute atomic E-state index is 11.7. The minimum absolute atomic E-state index is 0.0431. The van der Waals surface area contributed by atoms with Gasteiger partial charge in [0.25, 0.3) is 0 Å². The van der Waals surface area contributed by atoms with E-state index in [0.29, 0.717) is 18.7 Å². The summed E-state index contributed by atoms with van der Waals surface area (Å²) in [5, 5.41) is 5.90. The van der Waals surface area contributed by atoms with Crippen molar-refractivity contribution in [2.24, 2.45) is 5.73 Å². The van der Waals surface area contributed by atoms with Gasteiger partial charge in [0, 0.05) is 18.7 Å². The van der Waals surface area contributed by atoms with Crippen molar-refractivity contribution in [2.45, 2.75) is 32.9 Å². The number of amides is 2. The van der Waals surface area contributed by atoms with Crippen LogP contribution in [-0.2, 0) is 11.3 Å². The molecule has 1 aromatic rings. The average Bonchev–Trinajstić information content (AvgIpc) is 2.42. The van der Waals surface area contributed by atoms with E-state index in [2.05, 4.69) is 10.6 Å². The van der Waals surface area contributed by atoms with E-state index in [4.69, 9.17) is 5.73 Å². The highest BCUT2D eigenvalue weighted by Gasteiger charge is 2.13. The lowest BCUT2D eigenvalue weighted by Crippen LogP contribution is -2.42. The van der Waals surface area contributed by atoms with E-state index in [9.17, 15) is 9.59 Å². The Kier molecular flexibility index (Phi) is 6.02. The molecule has 0 saturated heterocycles. The molecule has 2 amide bonds. The average molecular weight is 263 g/mol. The monoisotopic (exact) mass is 263 g/mol. The second-order valence-electron chi connectivity index (χ2n) is 4.42. The fourth-order valence-corrected chi connectivity index (χ4v) is 1.67. The van der Waals surface area contributed by atoms with Gasteiger partial charge in [-0.3, -0.25) is 9.59 Å². The smallest absolute Gasteiger partial charge is 0.249 e. The van der Waals surface area contributed by atoms with E-state index < -0.39 is 5.91 Å². The first kappa shape index (κ1) is 15.2. The Balaban J connectivity index is 2.57. The van der Waals surface area contributed by atoms with Gasteiger partial charge < -0.3 is 16.4 Å². The molecule has 5 nitrogen and oxygen atoms in total. The molecule has 19 heavy (non-hydrogen) atoms. The van der Waals surface area contributed by atoms with E-state index in [1.54, 1.807) is 19.1 Å². The van der Waals surface area contributed by atoms with Crippen LogP contribution in [-0.4, -0.2) is 24.4 Å². The fraction of sp³-hybridized carbons (Fsp3) is 0.429. The number of rotatable bonds is 7. The van der Waals surface area contributed by atoms with Crippen LogP contribution in [0, 0.1) is 0 Å². The van der Waals surface area contributed by atoms with Gasteiger partial charge in [-0.2, -0.15) is 0 Å². The summed E-state index contributed by atoms with van der Waals surface area (Å²) < 4.78 is 0. The highest BCUT2D eigenvalue weighted by atomic mass is 16.2. The molecule has 5 heteroatoms. The van der Waals surface area contributed by atoms with Gasteiger partial charge >= 0.3 is 0 Å². The quantitative estimate of drug-likeness (QED) is 0.680. The van der Waals surface area contributed by atoms with Crippen molar-refractivity contribution in [1.82, 2.24) is 10.6 Å². The third kappa shape index (κ3) is 4.71. The first-order valence-corrected chi connectivity index (χ1v) is 6.45. The van der Waals surface area contributed by atoms with Gasteiger partial charge in [-0.25, -0.2) is 0 Å². The summed E-state index contributed by atoms with van der Waals surface area (Å²) in [5.74, 6) is -0.501. The standard InChI is InChI=1S/C14H21N3O2/c1-3-8-16-14(19)10(2)17-9-11-6-4-5-7-12(11)13(15)18/h4-7,10,17H,3,8-9H2,1-2H3,(H2,15,18)(H,16,19). The Bertz CT molecular complexity index is 446. The molecule has 1 unspecified atom stereocenters. The SMILES string of the molecule is CCCNC(=O)C(C)NCc1ccccc1C(N)=O. The Morgan fingerprint density at radius 2 is 2.00 bits per heavy atom. The second kappa shape index (κ2) is 7.53. The zero-order valence-electron chi connectivity index (χ0n) is 11.4. The first-order chi connectivity index (χ1) is 9.06. The molecule has 0 aromatic heterocycles. The molecule has 4 N–H and O–H groups in total. The van der Waals surface area contributed by atoms with Crippen molar-refractivity contribution in [2.75, 3.05) is 6.54 Å². The van der Waals surface area contributed by atoms with Crippen molar-refractivity contribution in [3.05, 3.63) is 35.4 Å². The minimum Gasteiger partial charge on any atom is -0.366 e. The normalized spacial score (nSPS) is 11.9. The Morgan fingerprint density at radius 3 is 2.63 bits per heavy atom. The van der Waals surface area contributed by atoms with Crippen LogP contribution in [0.3, 0.4) is 0 Å². The summed E-state index contributed by atoms with van der Waals surface area (Å²) in [6.07, 6.45) is 0.906. The molecule has 0 fully saturated rings. The molecule has 0 spiro atoms. The van der Waals surface area contributed by atoms with Crippen LogP contribution in [0.2, 0.25) is 0 Å². The molecular weight excluding hydrogens is 242 g/mol. The Labute approximate surface area is 113 Å². The van der Waals surface area contributed by atoms with Crippen LogP contribution in [0.1, 0.15) is 36.2 Å². The number of hydrogen-bond acceptors (Lipinski definition) is 3. The summed E-state index contributed by atoms with van der Waals surface area (Å²) in [5.41, 5.74) is 6.58. The first-order valence-electron chi connectivity index (χ1n) is 6.45. The third-order valence-electron chi connectivity index (χ3n) is 2.82. The number of carbonyl (C=O) groups is 2. The zero-order valence-corrected chi connectivity index (χ0v) is 11.4. The molecular formula is C14H21N3O2. The van der Waals surface area contributed by atoms with Crippen LogP contribution < -0.4 is 16.4 Å². The molecule has 1 atom stereocenters. The number of nitrogens with two attached hydrogens (primary N) is 1. The lowest BCUT2D eigenvalue weighted by atomic mass is 10.1. The van der Waals surface area contributed by atoms with E-state index in [1.165, 1.54) is 0 Å². The molecule has 0 heterocycles. The van der Waals surface area contributed by atoms with E-state index in [1.807, 2.05) is 19.1 Å². The van der Waals surface area contributed by atoms with Gasteiger partial charge in [0.05, 0.1) is 6.04 Å². The second-order valence-corrected chi connectivity index (χ2v) is 4.42. The van der Waals surface area contributed by atoms with Crippen molar-refractivity contribution in [3.63, 3.8) is 0 Å². The number of nitrogens with one attached hydrogen (secondary N) is 2. The third-order valence-corrected chi connectivity index (χ3v) is 2.82. The Morgan fingerprint density at radius 1 is 1.32 bits per heavy atom. The highest BCUT2D eigenvalue weighted by molar-refractivity contribution is 5.94. The molecule has 0 aliphatic heterocycles. The van der Waals surface area contributed by atoms with Crippen LogP contribution in [0.25, 0.3) is 0 Å². The van der Waals surface area contributed by atoms with Gasteiger partial charge in [0.2, 0.25) is 11.8 Å². The van der Waals surface area contributed by atoms with Crippen molar-refractivity contribution in [3.8, 4) is 0 Å². The zero-order chi connectivity index (χ0) is 14.3. The van der Waals surface area contributed by atoms with Gasteiger partial charge in [-0.05, 0) is 25.0 Å². The maximum atomic E-state index is 11.7. The lowest BCUT2D eigenvalue weighted by Gasteiger charge is -2.14. The molecule has 1 rings (SSSR count). The minimum atomic E-state index is -0.458. The topological polar surface area (TPSA) is 84.2 Å². The summed E-state index contributed by atoms with van der Waals surface area (Å²) in [7, 11) is 0. The van der Waals surface area contributed by atoms with Gasteiger partial charge in [-0.1, -0.05) is 25.1 Å². The lowest BCUT2D eigenvalue weighted by molar-refractivity contribution is -0.122. The van der Waals surface area contributed by atoms with E-state index in [-0.39, 0.29) is 11.9 Å². The predicted octanol–water partition coefficient (Wildman–Crippen LogP) is 0.790. The van der Waals surface area contributed by atoms with Crippen molar-refractivity contribution in [1.29, 1.82) is 0 Å². The van der Waals surface area contributed by atoms with Crippen molar-refractivity contribution < 1.29 is 9.59 Å². The molecule has 0 radical (unpaired) electrons.